The number of hydrogen-bond acceptors (Lipinski definition) is 13. The largest absolute Gasteiger partial charge is 0.379 e. The lowest BCUT2D eigenvalue weighted by atomic mass is 10.2. The van der Waals surface area contributed by atoms with Crippen molar-refractivity contribution in [1.29, 1.82) is 0 Å². The summed E-state index contributed by atoms with van der Waals surface area (Å²) in [6.07, 6.45) is 2.21. The number of ether oxygens (including phenoxy) is 8. The maximum absolute atomic E-state index is 11.1. The Kier molecular flexibility index (Phi) is 23.5. The van der Waals surface area contributed by atoms with Crippen molar-refractivity contribution in [2.24, 2.45) is 0 Å². The van der Waals surface area contributed by atoms with E-state index in [0.717, 1.165) is 25.5 Å². The van der Waals surface area contributed by atoms with Crippen molar-refractivity contribution in [3.63, 3.8) is 0 Å². The van der Waals surface area contributed by atoms with Crippen molar-refractivity contribution in [2.45, 2.75) is 19.8 Å². The second-order valence-corrected chi connectivity index (χ2v) is 8.39. The molecule has 1 rings (SSSR count). The van der Waals surface area contributed by atoms with Crippen LogP contribution in [0.25, 0.3) is 0 Å². The minimum Gasteiger partial charge on any atom is -0.379 e. The van der Waals surface area contributed by atoms with E-state index in [9.17, 15) is 20.2 Å². The fourth-order valence-electron chi connectivity index (χ4n) is 3.08. The van der Waals surface area contributed by atoms with Gasteiger partial charge in [0.25, 0.3) is 11.4 Å². The summed E-state index contributed by atoms with van der Waals surface area (Å²) in [5, 5.41) is 24.7. The average molecular weight is 592 g/mol. The highest BCUT2D eigenvalue weighted by Crippen LogP contribution is 2.28. The maximum Gasteiger partial charge on any atom is 0.299 e. The summed E-state index contributed by atoms with van der Waals surface area (Å²) in [6, 6.07) is 3.43. The molecule has 0 fully saturated rings. The fourth-order valence-corrected chi connectivity index (χ4v) is 3.08. The van der Waals surface area contributed by atoms with Crippen LogP contribution < -0.4 is 5.32 Å². The molecule has 1 aromatic carbocycles. The third kappa shape index (κ3) is 20.9. The smallest absolute Gasteiger partial charge is 0.299 e. The number of rotatable bonds is 30. The van der Waals surface area contributed by atoms with Crippen LogP contribution in [0.5, 0.6) is 0 Å². The van der Waals surface area contributed by atoms with E-state index in [0.29, 0.717) is 99.0 Å². The number of nitro benzene ring substituents is 2. The second kappa shape index (κ2) is 26.4. The number of unbranched alkanes of at least 4 members (excludes halogenated alkanes) is 1. The lowest BCUT2D eigenvalue weighted by Gasteiger charge is -2.09. The van der Waals surface area contributed by atoms with Crippen LogP contribution in [0.3, 0.4) is 0 Å². The Balaban J connectivity index is 1.79. The van der Waals surface area contributed by atoms with E-state index in [4.69, 9.17) is 37.9 Å². The van der Waals surface area contributed by atoms with E-state index in [1.807, 2.05) is 0 Å². The molecule has 0 heterocycles. The number of nitrogens with one attached hydrogen (secondary N) is 1. The Morgan fingerprint density at radius 3 is 1.34 bits per heavy atom. The minimum absolute atomic E-state index is 0.191. The molecule has 0 aliphatic rings. The molecule has 0 atom stereocenters. The summed E-state index contributed by atoms with van der Waals surface area (Å²) in [6.45, 7) is 10.2. The molecule has 0 saturated heterocycles. The van der Waals surface area contributed by atoms with Crippen molar-refractivity contribution >= 4 is 17.1 Å². The quantitative estimate of drug-likeness (QED) is 0.0787. The summed E-state index contributed by atoms with van der Waals surface area (Å²) >= 11 is 0. The predicted octanol–water partition coefficient (Wildman–Crippen LogP) is 2.85. The van der Waals surface area contributed by atoms with Crippen molar-refractivity contribution in [1.82, 2.24) is 0 Å². The highest BCUT2D eigenvalue weighted by molar-refractivity contribution is 5.65. The molecule has 15 heteroatoms. The van der Waals surface area contributed by atoms with Gasteiger partial charge in [-0.25, -0.2) is 0 Å². The molecular formula is C26H45N3O12. The number of benzene rings is 1. The van der Waals surface area contributed by atoms with Gasteiger partial charge < -0.3 is 43.2 Å². The molecule has 0 aromatic heterocycles. The first-order valence-corrected chi connectivity index (χ1v) is 13.8. The maximum atomic E-state index is 11.1. The minimum atomic E-state index is -0.679. The predicted molar refractivity (Wildman–Crippen MR) is 150 cm³/mol. The van der Waals surface area contributed by atoms with Gasteiger partial charge in [0.1, 0.15) is 5.69 Å². The van der Waals surface area contributed by atoms with Crippen molar-refractivity contribution in [3.8, 4) is 0 Å². The number of non-ortho nitro benzene ring substituents is 1. The highest BCUT2D eigenvalue weighted by atomic mass is 16.6. The molecule has 0 aliphatic carbocycles. The standard InChI is InChI=1S/C26H45N3O12/c1-2-3-7-34-9-11-36-13-15-38-17-19-40-21-22-41-20-18-39-16-14-37-12-10-35-8-6-27-25-5-4-24(28(30)31)23-26(25)29(32)33/h4-5,23,27H,2-3,6-22H2,1H3. The molecule has 0 aliphatic heterocycles. The van der Waals surface area contributed by atoms with Gasteiger partial charge in [0.05, 0.1) is 115 Å². The van der Waals surface area contributed by atoms with E-state index in [-0.39, 0.29) is 23.7 Å². The molecule has 1 N–H and O–H groups in total. The van der Waals surface area contributed by atoms with Gasteiger partial charge in [-0.3, -0.25) is 20.2 Å². The molecule has 0 unspecified atom stereocenters. The van der Waals surface area contributed by atoms with Crippen LogP contribution in [-0.2, 0) is 37.9 Å². The van der Waals surface area contributed by atoms with Gasteiger partial charge in [-0.2, -0.15) is 0 Å². The zero-order chi connectivity index (χ0) is 29.8. The molecule has 15 nitrogen and oxygen atoms in total. The first-order valence-electron chi connectivity index (χ1n) is 13.8. The normalized spacial score (nSPS) is 11.1. The number of nitro groups is 2. The van der Waals surface area contributed by atoms with Crippen LogP contribution in [0, 0.1) is 20.2 Å². The van der Waals surface area contributed by atoms with Crippen LogP contribution in [0.2, 0.25) is 0 Å². The topological polar surface area (TPSA) is 172 Å². The molecule has 0 spiro atoms. The van der Waals surface area contributed by atoms with Gasteiger partial charge >= 0.3 is 0 Å². The molecule has 0 bridgehead atoms. The second-order valence-electron chi connectivity index (χ2n) is 8.39. The van der Waals surface area contributed by atoms with Crippen LogP contribution in [0.15, 0.2) is 18.2 Å². The van der Waals surface area contributed by atoms with Crippen molar-refractivity contribution in [3.05, 3.63) is 38.4 Å². The van der Waals surface area contributed by atoms with Crippen LogP contribution in [-0.4, -0.2) is 122 Å². The summed E-state index contributed by atoms with van der Waals surface area (Å²) in [7, 11) is 0. The molecule has 0 saturated carbocycles. The van der Waals surface area contributed by atoms with Gasteiger partial charge in [0.15, 0.2) is 0 Å². The molecular weight excluding hydrogens is 546 g/mol. The Bertz CT molecular complexity index is 803. The van der Waals surface area contributed by atoms with Crippen LogP contribution >= 0.6 is 0 Å². The van der Waals surface area contributed by atoms with Crippen molar-refractivity contribution < 1.29 is 47.7 Å². The Hall–Kier alpha value is -2.50. The van der Waals surface area contributed by atoms with E-state index in [2.05, 4.69) is 12.2 Å². The van der Waals surface area contributed by atoms with E-state index in [1.54, 1.807) is 0 Å². The molecule has 0 amide bonds. The molecule has 236 valence electrons. The average Bonchev–Trinajstić information content (AvgIpc) is 2.96. The Labute approximate surface area is 240 Å². The number of anilines is 1. The SMILES string of the molecule is CCCCOCCOCCOCCOCCOCCOCCOCCOCCNc1ccc([N+](=O)[O-])cc1[N+](=O)[O-]. The first kappa shape index (κ1) is 36.5. The Morgan fingerprint density at radius 1 is 0.585 bits per heavy atom. The Morgan fingerprint density at radius 2 is 0.976 bits per heavy atom. The highest BCUT2D eigenvalue weighted by Gasteiger charge is 2.18. The molecule has 0 radical (unpaired) electrons. The van der Waals surface area contributed by atoms with Gasteiger partial charge in [-0.1, -0.05) is 13.3 Å². The summed E-state index contributed by atoms with van der Waals surface area (Å²) in [5.41, 5.74) is -0.511. The zero-order valence-electron chi connectivity index (χ0n) is 24.0. The summed E-state index contributed by atoms with van der Waals surface area (Å²) in [5.74, 6) is 0. The monoisotopic (exact) mass is 591 g/mol. The van der Waals surface area contributed by atoms with Gasteiger partial charge in [0.2, 0.25) is 0 Å². The lowest BCUT2D eigenvalue weighted by Crippen LogP contribution is -2.15. The van der Waals surface area contributed by atoms with E-state index < -0.39 is 9.85 Å². The third-order valence-corrected chi connectivity index (χ3v) is 5.20. The molecule has 1 aromatic rings. The zero-order valence-corrected chi connectivity index (χ0v) is 24.0. The summed E-state index contributed by atoms with van der Waals surface area (Å²) < 4.78 is 43.4. The van der Waals surface area contributed by atoms with Crippen LogP contribution in [0.1, 0.15) is 19.8 Å². The summed E-state index contributed by atoms with van der Waals surface area (Å²) in [4.78, 5) is 20.5. The van der Waals surface area contributed by atoms with Crippen molar-refractivity contribution in [2.75, 3.05) is 118 Å². The fraction of sp³-hybridized carbons (Fsp3) is 0.769. The third-order valence-electron chi connectivity index (χ3n) is 5.20. The van der Waals surface area contributed by atoms with Gasteiger partial charge in [-0.05, 0) is 12.5 Å². The number of hydrogen-bond donors (Lipinski definition) is 1. The van der Waals surface area contributed by atoms with E-state index >= 15 is 0 Å². The molecule has 41 heavy (non-hydrogen) atoms. The lowest BCUT2D eigenvalue weighted by molar-refractivity contribution is -0.393. The van der Waals surface area contributed by atoms with Crippen LogP contribution in [0.4, 0.5) is 17.1 Å². The number of nitrogens with zero attached hydrogens (tertiary/aromatic N) is 2. The van der Waals surface area contributed by atoms with Gasteiger partial charge in [-0.15, -0.1) is 0 Å². The van der Waals surface area contributed by atoms with Gasteiger partial charge in [0, 0.05) is 19.2 Å². The van der Waals surface area contributed by atoms with E-state index in [1.165, 1.54) is 12.1 Å². The first-order chi connectivity index (χ1) is 20.1.